The van der Waals surface area contributed by atoms with Gasteiger partial charge in [-0.2, -0.15) is 4.98 Å². The number of halogens is 1. The molecule has 0 unspecified atom stereocenters. The lowest BCUT2D eigenvalue weighted by Gasteiger charge is -2.19. The molecule has 7 nitrogen and oxygen atoms in total. The predicted octanol–water partition coefficient (Wildman–Crippen LogP) is 2.33. The molecule has 0 saturated carbocycles. The molecule has 1 fully saturated rings. The van der Waals surface area contributed by atoms with E-state index in [1.807, 2.05) is 6.20 Å². The molecule has 4 heterocycles. The molecule has 1 aliphatic heterocycles. The maximum absolute atomic E-state index is 12.9. The monoisotopic (exact) mass is 314 g/mol. The first-order valence-electron chi connectivity index (χ1n) is 7.47. The van der Waals surface area contributed by atoms with Crippen molar-refractivity contribution in [3.8, 4) is 11.5 Å². The van der Waals surface area contributed by atoms with Crippen molar-refractivity contribution in [1.29, 1.82) is 0 Å². The summed E-state index contributed by atoms with van der Waals surface area (Å²) in [7, 11) is 0. The van der Waals surface area contributed by atoms with Gasteiger partial charge in [-0.3, -0.25) is 4.90 Å². The van der Waals surface area contributed by atoms with Gasteiger partial charge in [-0.15, -0.1) is 0 Å². The van der Waals surface area contributed by atoms with Gasteiger partial charge in [0.1, 0.15) is 17.3 Å². The molecule has 8 heteroatoms. The number of aromatic amines is 1. The van der Waals surface area contributed by atoms with E-state index in [1.165, 1.54) is 6.07 Å². The third kappa shape index (κ3) is 2.85. The fourth-order valence-corrected chi connectivity index (χ4v) is 2.85. The molecule has 0 radical (unpaired) electrons. The van der Waals surface area contributed by atoms with Gasteiger partial charge in [-0.1, -0.05) is 5.16 Å². The minimum Gasteiger partial charge on any atom is -0.348 e. The third-order valence-corrected chi connectivity index (χ3v) is 3.95. The maximum Gasteiger partial charge on any atom is 0.244 e. The van der Waals surface area contributed by atoms with Gasteiger partial charge in [-0.25, -0.2) is 14.4 Å². The van der Waals surface area contributed by atoms with Crippen molar-refractivity contribution >= 4 is 0 Å². The van der Waals surface area contributed by atoms with Crippen LogP contribution in [-0.4, -0.2) is 36.5 Å². The number of hydrogen-bond acceptors (Lipinski definition) is 6. The Balaban J connectivity index is 1.54. The highest BCUT2D eigenvalue weighted by atomic mass is 19.1. The van der Waals surface area contributed by atoms with Crippen molar-refractivity contribution in [2.75, 3.05) is 6.54 Å². The Kier molecular flexibility index (Phi) is 3.58. The van der Waals surface area contributed by atoms with Gasteiger partial charge in [-0.05, 0) is 31.5 Å². The van der Waals surface area contributed by atoms with E-state index in [1.54, 1.807) is 12.3 Å². The van der Waals surface area contributed by atoms with E-state index >= 15 is 0 Å². The quantitative estimate of drug-likeness (QED) is 0.795. The summed E-state index contributed by atoms with van der Waals surface area (Å²) in [5.74, 6) is 1.47. The van der Waals surface area contributed by atoms with Crippen molar-refractivity contribution in [2.24, 2.45) is 0 Å². The minimum atomic E-state index is -0.391. The number of pyridine rings is 1. The Morgan fingerprint density at radius 1 is 1.35 bits per heavy atom. The summed E-state index contributed by atoms with van der Waals surface area (Å²) < 4.78 is 18.4. The summed E-state index contributed by atoms with van der Waals surface area (Å²) >= 11 is 0. The summed E-state index contributed by atoms with van der Waals surface area (Å²) in [5, 5.41) is 3.97. The van der Waals surface area contributed by atoms with Crippen LogP contribution in [0.25, 0.3) is 11.5 Å². The summed E-state index contributed by atoms with van der Waals surface area (Å²) in [6.07, 6.45) is 6.72. The molecule has 0 amide bonds. The Bertz CT molecular complexity index is 770. The SMILES string of the molecule is Fc1ccc(-c2noc([C@@H]3CCCN3Cc3ncc[nH]3)n2)nc1. The average Bonchev–Trinajstić information content (AvgIpc) is 3.29. The zero-order chi connectivity index (χ0) is 15.6. The van der Waals surface area contributed by atoms with Crippen LogP contribution < -0.4 is 0 Å². The van der Waals surface area contributed by atoms with E-state index in [4.69, 9.17) is 4.52 Å². The van der Waals surface area contributed by atoms with E-state index < -0.39 is 5.82 Å². The highest BCUT2D eigenvalue weighted by molar-refractivity contribution is 5.47. The normalized spacial score (nSPS) is 18.6. The maximum atomic E-state index is 12.9. The molecule has 0 bridgehead atoms. The number of H-pyrrole nitrogens is 1. The highest BCUT2D eigenvalue weighted by Crippen LogP contribution is 2.32. The number of nitrogens with one attached hydrogen (secondary N) is 1. The molecule has 23 heavy (non-hydrogen) atoms. The summed E-state index contributed by atoms with van der Waals surface area (Å²) in [5.41, 5.74) is 0.497. The Morgan fingerprint density at radius 2 is 2.30 bits per heavy atom. The van der Waals surface area contributed by atoms with Gasteiger partial charge in [0, 0.05) is 12.4 Å². The van der Waals surface area contributed by atoms with Crippen LogP contribution in [0.2, 0.25) is 0 Å². The van der Waals surface area contributed by atoms with Gasteiger partial charge in [0.15, 0.2) is 0 Å². The van der Waals surface area contributed by atoms with Gasteiger partial charge < -0.3 is 9.51 Å². The van der Waals surface area contributed by atoms with E-state index in [-0.39, 0.29) is 6.04 Å². The zero-order valence-electron chi connectivity index (χ0n) is 12.3. The first-order valence-corrected chi connectivity index (χ1v) is 7.47. The first-order chi connectivity index (χ1) is 11.3. The number of nitrogens with zero attached hydrogens (tertiary/aromatic N) is 5. The molecule has 4 rings (SSSR count). The molecule has 1 atom stereocenters. The molecular formula is C15H15FN6O. The van der Waals surface area contributed by atoms with Crippen LogP contribution in [0.15, 0.2) is 35.2 Å². The van der Waals surface area contributed by atoms with Crippen LogP contribution >= 0.6 is 0 Å². The van der Waals surface area contributed by atoms with Crippen molar-refractivity contribution in [2.45, 2.75) is 25.4 Å². The molecule has 0 spiro atoms. The molecule has 3 aromatic rings. The lowest BCUT2D eigenvalue weighted by molar-refractivity contribution is 0.197. The first kappa shape index (κ1) is 14.0. The number of likely N-dealkylation sites (tertiary alicyclic amines) is 1. The Labute approximate surface area is 131 Å². The number of aromatic nitrogens is 5. The van der Waals surface area contributed by atoms with E-state index in [2.05, 4.69) is 30.0 Å². The second-order valence-electron chi connectivity index (χ2n) is 5.48. The fraction of sp³-hybridized carbons (Fsp3) is 0.333. The van der Waals surface area contributed by atoms with Crippen LogP contribution in [-0.2, 0) is 6.54 Å². The lowest BCUT2D eigenvalue weighted by atomic mass is 10.2. The van der Waals surface area contributed by atoms with E-state index in [0.717, 1.165) is 31.4 Å². The molecule has 3 aromatic heterocycles. The number of rotatable bonds is 4. The predicted molar refractivity (Wildman–Crippen MR) is 78.5 cm³/mol. The highest BCUT2D eigenvalue weighted by Gasteiger charge is 2.31. The van der Waals surface area contributed by atoms with Crippen molar-refractivity contribution in [3.05, 3.63) is 48.3 Å². The molecular weight excluding hydrogens is 299 g/mol. The third-order valence-electron chi connectivity index (χ3n) is 3.95. The molecule has 0 aliphatic carbocycles. The van der Waals surface area contributed by atoms with Crippen LogP contribution in [0.4, 0.5) is 4.39 Å². The average molecular weight is 314 g/mol. The van der Waals surface area contributed by atoms with Crippen LogP contribution in [0.5, 0.6) is 0 Å². The smallest absolute Gasteiger partial charge is 0.244 e. The Morgan fingerprint density at radius 3 is 3.09 bits per heavy atom. The van der Waals surface area contributed by atoms with Crippen LogP contribution in [0.1, 0.15) is 30.6 Å². The van der Waals surface area contributed by atoms with Crippen molar-refractivity contribution in [1.82, 2.24) is 30.0 Å². The summed E-state index contributed by atoms with van der Waals surface area (Å²) in [6, 6.07) is 2.94. The second kappa shape index (κ2) is 5.88. The van der Waals surface area contributed by atoms with E-state index in [0.29, 0.717) is 24.0 Å². The number of imidazole rings is 1. The van der Waals surface area contributed by atoms with Crippen molar-refractivity contribution < 1.29 is 8.91 Å². The Hall–Kier alpha value is -2.61. The largest absolute Gasteiger partial charge is 0.348 e. The van der Waals surface area contributed by atoms with Crippen molar-refractivity contribution in [3.63, 3.8) is 0 Å². The second-order valence-corrected chi connectivity index (χ2v) is 5.48. The molecule has 1 saturated heterocycles. The van der Waals surface area contributed by atoms with E-state index in [9.17, 15) is 4.39 Å². The number of hydrogen-bond donors (Lipinski definition) is 1. The summed E-state index contributed by atoms with van der Waals surface area (Å²) in [6.45, 7) is 1.67. The molecule has 1 N–H and O–H groups in total. The van der Waals surface area contributed by atoms with Gasteiger partial charge in [0.25, 0.3) is 0 Å². The van der Waals surface area contributed by atoms with Gasteiger partial charge >= 0.3 is 0 Å². The molecule has 118 valence electrons. The minimum absolute atomic E-state index is 0.0711. The summed E-state index contributed by atoms with van der Waals surface area (Å²) in [4.78, 5) is 18.0. The standard InChI is InChI=1S/C15H15FN6O/c16-10-3-4-11(19-8-10)14-20-15(23-21-14)12-2-1-7-22(12)9-13-17-5-6-18-13/h3-6,8,12H,1-2,7,9H2,(H,17,18)/t12-/m0/s1. The molecule has 1 aliphatic rings. The zero-order valence-corrected chi connectivity index (χ0v) is 12.3. The van der Waals surface area contributed by atoms with Gasteiger partial charge in [0.2, 0.25) is 11.7 Å². The fourth-order valence-electron chi connectivity index (χ4n) is 2.85. The lowest BCUT2D eigenvalue weighted by Crippen LogP contribution is -2.23. The van der Waals surface area contributed by atoms with Crippen LogP contribution in [0.3, 0.4) is 0 Å². The van der Waals surface area contributed by atoms with Gasteiger partial charge in [0.05, 0.1) is 18.8 Å². The topological polar surface area (TPSA) is 83.7 Å². The molecule has 0 aromatic carbocycles. The van der Waals surface area contributed by atoms with Crippen LogP contribution in [0, 0.1) is 5.82 Å².